The van der Waals surface area contributed by atoms with Crippen LogP contribution in [-0.2, 0) is 13.1 Å². The van der Waals surface area contributed by atoms with Crippen molar-refractivity contribution in [2.24, 2.45) is 0 Å². The van der Waals surface area contributed by atoms with E-state index < -0.39 is 0 Å². The fourth-order valence-corrected chi connectivity index (χ4v) is 2.24. The molecule has 0 spiro atoms. The second-order valence-electron chi connectivity index (χ2n) is 4.82. The number of hydrogen-bond donors (Lipinski definition) is 1. The highest BCUT2D eigenvalue weighted by molar-refractivity contribution is 5.41. The molecule has 2 aromatic rings. The fraction of sp³-hybridized carbons (Fsp3) is 0.235. The summed E-state index contributed by atoms with van der Waals surface area (Å²) in [5.41, 5.74) is 9.61. The number of nitrogens with zero attached hydrogens (tertiary/aromatic N) is 2. The van der Waals surface area contributed by atoms with Crippen LogP contribution in [0, 0.1) is 11.3 Å². The lowest BCUT2D eigenvalue weighted by atomic mass is 10.1. The monoisotopic (exact) mass is 265 g/mol. The molecule has 0 heterocycles. The first-order valence-electron chi connectivity index (χ1n) is 6.77. The van der Waals surface area contributed by atoms with E-state index in [9.17, 15) is 0 Å². The van der Waals surface area contributed by atoms with Gasteiger partial charge in [0.25, 0.3) is 0 Å². The predicted molar refractivity (Wildman–Crippen MR) is 81.8 cm³/mol. The van der Waals surface area contributed by atoms with Crippen LogP contribution in [0.4, 0.5) is 5.69 Å². The van der Waals surface area contributed by atoms with Gasteiger partial charge in [0.05, 0.1) is 11.6 Å². The van der Waals surface area contributed by atoms with Gasteiger partial charge in [-0.3, -0.25) is 4.90 Å². The van der Waals surface area contributed by atoms with Gasteiger partial charge >= 0.3 is 0 Å². The standard InChI is InChI=1S/C17H19N3/c1-2-20(12-14-6-5-9-17(19)10-14)13-16-8-4-3-7-15(16)11-18/h3-10H,2,12-13,19H2,1H3. The largest absolute Gasteiger partial charge is 0.399 e. The third-order valence-corrected chi connectivity index (χ3v) is 3.34. The van der Waals surface area contributed by atoms with Crippen molar-refractivity contribution >= 4 is 5.69 Å². The maximum absolute atomic E-state index is 9.15. The molecule has 0 aliphatic carbocycles. The molecule has 0 saturated heterocycles. The molecule has 102 valence electrons. The lowest BCUT2D eigenvalue weighted by Crippen LogP contribution is -2.22. The topological polar surface area (TPSA) is 53.0 Å². The van der Waals surface area contributed by atoms with E-state index in [1.165, 1.54) is 5.56 Å². The molecule has 0 unspecified atom stereocenters. The second kappa shape index (κ2) is 6.74. The van der Waals surface area contributed by atoms with Crippen LogP contribution in [0.25, 0.3) is 0 Å². The molecular weight excluding hydrogens is 246 g/mol. The van der Waals surface area contributed by atoms with Crippen LogP contribution in [0.2, 0.25) is 0 Å². The molecular formula is C17H19N3. The molecule has 20 heavy (non-hydrogen) atoms. The third kappa shape index (κ3) is 3.59. The smallest absolute Gasteiger partial charge is 0.0995 e. The Morgan fingerprint density at radius 1 is 1.10 bits per heavy atom. The molecule has 3 heteroatoms. The van der Waals surface area contributed by atoms with Gasteiger partial charge in [0.1, 0.15) is 0 Å². The lowest BCUT2D eigenvalue weighted by Gasteiger charge is -2.21. The number of nitrogen functional groups attached to an aromatic ring is 1. The van der Waals surface area contributed by atoms with E-state index in [1.807, 2.05) is 42.5 Å². The number of nitrogens with two attached hydrogens (primary N) is 1. The summed E-state index contributed by atoms with van der Waals surface area (Å²) in [4.78, 5) is 2.30. The molecule has 0 bridgehead atoms. The molecule has 0 aliphatic heterocycles. The van der Waals surface area contributed by atoms with Crippen molar-refractivity contribution in [1.29, 1.82) is 5.26 Å². The number of hydrogen-bond acceptors (Lipinski definition) is 3. The van der Waals surface area contributed by atoms with Crippen LogP contribution in [0.3, 0.4) is 0 Å². The van der Waals surface area contributed by atoms with E-state index in [0.717, 1.165) is 36.4 Å². The molecule has 2 aromatic carbocycles. The van der Waals surface area contributed by atoms with Gasteiger partial charge in [0.15, 0.2) is 0 Å². The first-order valence-corrected chi connectivity index (χ1v) is 6.77. The van der Waals surface area contributed by atoms with Crippen LogP contribution in [-0.4, -0.2) is 11.4 Å². The normalized spacial score (nSPS) is 10.4. The fourth-order valence-electron chi connectivity index (χ4n) is 2.24. The van der Waals surface area contributed by atoms with E-state index >= 15 is 0 Å². The molecule has 0 aromatic heterocycles. The Kier molecular flexibility index (Phi) is 4.75. The second-order valence-corrected chi connectivity index (χ2v) is 4.82. The van der Waals surface area contributed by atoms with Gasteiger partial charge in [-0.1, -0.05) is 37.3 Å². The summed E-state index contributed by atoms with van der Waals surface area (Å²) in [6.07, 6.45) is 0. The number of rotatable bonds is 5. The van der Waals surface area contributed by atoms with Crippen molar-refractivity contribution in [1.82, 2.24) is 4.90 Å². The van der Waals surface area contributed by atoms with Gasteiger partial charge in [0.2, 0.25) is 0 Å². The summed E-state index contributed by atoms with van der Waals surface area (Å²) in [5, 5.41) is 9.15. The maximum atomic E-state index is 9.15. The Labute approximate surface area is 120 Å². The Bertz CT molecular complexity index is 614. The molecule has 0 saturated carbocycles. The zero-order valence-electron chi connectivity index (χ0n) is 11.7. The van der Waals surface area contributed by atoms with E-state index in [-0.39, 0.29) is 0 Å². The zero-order chi connectivity index (χ0) is 14.4. The Morgan fingerprint density at radius 2 is 1.90 bits per heavy atom. The molecule has 0 atom stereocenters. The first kappa shape index (κ1) is 14.1. The van der Waals surface area contributed by atoms with Crippen molar-refractivity contribution in [3.63, 3.8) is 0 Å². The van der Waals surface area contributed by atoms with E-state index in [2.05, 4.69) is 24.0 Å². The van der Waals surface area contributed by atoms with Crippen molar-refractivity contribution in [3.8, 4) is 6.07 Å². The molecule has 0 aliphatic rings. The molecule has 0 radical (unpaired) electrons. The van der Waals surface area contributed by atoms with Crippen molar-refractivity contribution in [2.75, 3.05) is 12.3 Å². The molecule has 0 fully saturated rings. The van der Waals surface area contributed by atoms with Crippen molar-refractivity contribution in [2.45, 2.75) is 20.0 Å². The summed E-state index contributed by atoms with van der Waals surface area (Å²) in [7, 11) is 0. The summed E-state index contributed by atoms with van der Waals surface area (Å²) in [5.74, 6) is 0. The van der Waals surface area contributed by atoms with Gasteiger partial charge < -0.3 is 5.73 Å². The predicted octanol–water partition coefficient (Wildman–Crippen LogP) is 3.16. The third-order valence-electron chi connectivity index (χ3n) is 3.34. The Morgan fingerprint density at radius 3 is 2.60 bits per heavy atom. The van der Waals surface area contributed by atoms with Crippen LogP contribution < -0.4 is 5.73 Å². The Balaban J connectivity index is 2.11. The molecule has 2 rings (SSSR count). The minimum Gasteiger partial charge on any atom is -0.399 e. The van der Waals surface area contributed by atoms with E-state index in [1.54, 1.807) is 0 Å². The van der Waals surface area contributed by atoms with Gasteiger partial charge in [-0.15, -0.1) is 0 Å². The highest BCUT2D eigenvalue weighted by Gasteiger charge is 2.08. The SMILES string of the molecule is CCN(Cc1cccc(N)c1)Cc1ccccc1C#N. The Hall–Kier alpha value is -2.31. The van der Waals surface area contributed by atoms with Crippen molar-refractivity contribution < 1.29 is 0 Å². The highest BCUT2D eigenvalue weighted by Crippen LogP contribution is 2.14. The van der Waals surface area contributed by atoms with Crippen LogP contribution in [0.15, 0.2) is 48.5 Å². The van der Waals surface area contributed by atoms with E-state index in [0.29, 0.717) is 0 Å². The minimum atomic E-state index is 0.749. The zero-order valence-corrected chi connectivity index (χ0v) is 11.7. The van der Waals surface area contributed by atoms with Gasteiger partial charge in [-0.25, -0.2) is 0 Å². The number of nitriles is 1. The van der Waals surface area contributed by atoms with Crippen molar-refractivity contribution in [3.05, 3.63) is 65.2 Å². The van der Waals surface area contributed by atoms with Gasteiger partial charge in [0, 0.05) is 18.8 Å². The van der Waals surface area contributed by atoms with Crippen LogP contribution in [0.5, 0.6) is 0 Å². The lowest BCUT2D eigenvalue weighted by molar-refractivity contribution is 0.271. The maximum Gasteiger partial charge on any atom is 0.0995 e. The summed E-state index contributed by atoms with van der Waals surface area (Å²) in [6, 6.07) is 18.0. The quantitative estimate of drug-likeness (QED) is 0.845. The van der Waals surface area contributed by atoms with Gasteiger partial charge in [-0.05, 0) is 35.9 Å². The number of benzene rings is 2. The average Bonchev–Trinajstić information content (AvgIpc) is 2.47. The summed E-state index contributed by atoms with van der Waals surface area (Å²) < 4.78 is 0. The summed E-state index contributed by atoms with van der Waals surface area (Å²) >= 11 is 0. The van der Waals surface area contributed by atoms with E-state index in [4.69, 9.17) is 11.0 Å². The minimum absolute atomic E-state index is 0.749. The van der Waals surface area contributed by atoms with Crippen LogP contribution >= 0.6 is 0 Å². The average molecular weight is 265 g/mol. The molecule has 2 N–H and O–H groups in total. The number of anilines is 1. The highest BCUT2D eigenvalue weighted by atomic mass is 15.1. The summed E-state index contributed by atoms with van der Waals surface area (Å²) in [6.45, 7) is 4.66. The molecule has 3 nitrogen and oxygen atoms in total. The van der Waals surface area contributed by atoms with Crippen LogP contribution in [0.1, 0.15) is 23.6 Å². The first-order chi connectivity index (χ1) is 9.72. The van der Waals surface area contributed by atoms with Gasteiger partial charge in [-0.2, -0.15) is 5.26 Å². The molecule has 0 amide bonds.